The fraction of sp³-hybridized carbons (Fsp3) is 0.143. The van der Waals surface area contributed by atoms with Gasteiger partial charge in [0.05, 0.1) is 11.3 Å². The van der Waals surface area contributed by atoms with Gasteiger partial charge in [-0.15, -0.1) is 0 Å². The summed E-state index contributed by atoms with van der Waals surface area (Å²) in [6.45, 7) is 0.534. The first-order valence-electron chi connectivity index (χ1n) is 5.97. The Kier molecular flexibility index (Phi) is 2.67. The Morgan fingerprint density at radius 3 is 3.00 bits per heavy atom. The molecule has 2 N–H and O–H groups in total. The number of hydrogen-bond donors (Lipinski definition) is 1. The molecule has 3 rings (SSSR count). The number of pyridine rings is 1. The van der Waals surface area contributed by atoms with Crippen LogP contribution in [0.4, 0.5) is 15.9 Å². The number of hydrogen-bond acceptors (Lipinski definition) is 3. The molecular weight excluding hydrogens is 245 g/mol. The number of anilines is 2. The Labute approximate surface area is 109 Å². The Morgan fingerprint density at radius 2 is 2.21 bits per heavy atom. The molecule has 0 aliphatic carbocycles. The van der Waals surface area contributed by atoms with Gasteiger partial charge in [0.15, 0.2) is 0 Å². The average Bonchev–Trinajstić information content (AvgIpc) is 2.81. The van der Waals surface area contributed by atoms with E-state index in [4.69, 9.17) is 5.73 Å². The Morgan fingerprint density at radius 1 is 1.37 bits per heavy atom. The van der Waals surface area contributed by atoms with Crippen LogP contribution in [0.3, 0.4) is 0 Å². The van der Waals surface area contributed by atoms with E-state index in [1.807, 2.05) is 0 Å². The molecule has 0 spiro atoms. The lowest BCUT2D eigenvalue weighted by molar-refractivity contribution is 0.0990. The van der Waals surface area contributed by atoms with E-state index in [-0.39, 0.29) is 17.5 Å². The maximum Gasteiger partial charge on any atom is 0.262 e. The van der Waals surface area contributed by atoms with E-state index < -0.39 is 0 Å². The maximum absolute atomic E-state index is 13.3. The quantitative estimate of drug-likeness (QED) is 0.850. The number of nitrogens with zero attached hydrogens (tertiary/aromatic N) is 2. The molecule has 19 heavy (non-hydrogen) atoms. The van der Waals surface area contributed by atoms with Crippen molar-refractivity contribution in [2.45, 2.75) is 6.42 Å². The summed E-state index contributed by atoms with van der Waals surface area (Å²) in [6, 6.07) is 7.79. The number of halogens is 1. The number of carbonyl (C=O) groups is 1. The molecule has 0 saturated heterocycles. The summed E-state index contributed by atoms with van der Waals surface area (Å²) in [5.41, 5.74) is 7.64. The van der Waals surface area contributed by atoms with E-state index in [0.29, 0.717) is 17.8 Å². The van der Waals surface area contributed by atoms with Crippen LogP contribution in [0.5, 0.6) is 0 Å². The van der Waals surface area contributed by atoms with Gasteiger partial charge in [0.1, 0.15) is 11.6 Å². The summed E-state index contributed by atoms with van der Waals surface area (Å²) < 4.78 is 13.3. The second-order valence-electron chi connectivity index (χ2n) is 4.42. The van der Waals surface area contributed by atoms with Crippen LogP contribution >= 0.6 is 0 Å². The average molecular weight is 257 g/mol. The lowest BCUT2D eigenvalue weighted by atomic mass is 10.1. The fourth-order valence-corrected chi connectivity index (χ4v) is 2.31. The molecule has 5 heteroatoms. The third kappa shape index (κ3) is 1.93. The highest BCUT2D eigenvalue weighted by atomic mass is 19.1. The van der Waals surface area contributed by atoms with Gasteiger partial charge in [-0.05, 0) is 36.2 Å². The van der Waals surface area contributed by atoms with Crippen molar-refractivity contribution in [2.75, 3.05) is 17.2 Å². The first kappa shape index (κ1) is 11.6. The van der Waals surface area contributed by atoms with Crippen LogP contribution in [-0.2, 0) is 6.42 Å². The summed E-state index contributed by atoms with van der Waals surface area (Å²) in [7, 11) is 0. The van der Waals surface area contributed by atoms with Crippen molar-refractivity contribution >= 4 is 17.4 Å². The number of benzene rings is 1. The zero-order chi connectivity index (χ0) is 13.4. The summed E-state index contributed by atoms with van der Waals surface area (Å²) >= 11 is 0. The SMILES string of the molecule is Nc1ncccc1C(=O)N1CCc2ccc(F)cc21. The molecule has 1 aliphatic rings. The molecule has 1 aliphatic heterocycles. The molecule has 1 aromatic heterocycles. The monoisotopic (exact) mass is 257 g/mol. The summed E-state index contributed by atoms with van der Waals surface area (Å²) in [4.78, 5) is 17.9. The summed E-state index contributed by atoms with van der Waals surface area (Å²) in [5.74, 6) is -0.398. The maximum atomic E-state index is 13.3. The van der Waals surface area contributed by atoms with Crippen LogP contribution in [0.2, 0.25) is 0 Å². The van der Waals surface area contributed by atoms with Crippen molar-refractivity contribution < 1.29 is 9.18 Å². The molecule has 0 unspecified atom stereocenters. The summed E-state index contributed by atoms with van der Waals surface area (Å²) in [6.07, 6.45) is 2.26. The van der Waals surface area contributed by atoms with E-state index in [9.17, 15) is 9.18 Å². The third-order valence-corrected chi connectivity index (χ3v) is 3.26. The second kappa shape index (κ2) is 4.35. The van der Waals surface area contributed by atoms with Crippen molar-refractivity contribution in [3.8, 4) is 0 Å². The molecule has 0 bridgehead atoms. The first-order valence-corrected chi connectivity index (χ1v) is 5.97. The molecule has 0 fully saturated rings. The Hall–Kier alpha value is -2.43. The van der Waals surface area contributed by atoms with E-state index in [2.05, 4.69) is 4.98 Å². The van der Waals surface area contributed by atoms with Gasteiger partial charge in [-0.25, -0.2) is 9.37 Å². The molecule has 96 valence electrons. The highest BCUT2D eigenvalue weighted by Crippen LogP contribution is 2.30. The fourth-order valence-electron chi connectivity index (χ4n) is 2.31. The van der Waals surface area contributed by atoms with Gasteiger partial charge in [-0.2, -0.15) is 0 Å². The van der Waals surface area contributed by atoms with Crippen LogP contribution < -0.4 is 10.6 Å². The highest BCUT2D eigenvalue weighted by Gasteiger charge is 2.27. The van der Waals surface area contributed by atoms with Gasteiger partial charge >= 0.3 is 0 Å². The molecule has 0 radical (unpaired) electrons. The van der Waals surface area contributed by atoms with Crippen LogP contribution in [0.15, 0.2) is 36.5 Å². The number of nitrogens with two attached hydrogens (primary N) is 1. The highest BCUT2D eigenvalue weighted by molar-refractivity contribution is 6.09. The number of amides is 1. The van der Waals surface area contributed by atoms with Gasteiger partial charge in [0.2, 0.25) is 0 Å². The predicted octanol–water partition coefficient (Wildman–Crippen LogP) is 2.01. The topological polar surface area (TPSA) is 59.2 Å². The minimum Gasteiger partial charge on any atom is -0.383 e. The molecular formula is C14H12FN3O. The Balaban J connectivity index is 2.00. The van der Waals surface area contributed by atoms with Crippen LogP contribution in [-0.4, -0.2) is 17.4 Å². The van der Waals surface area contributed by atoms with Crippen molar-refractivity contribution in [1.29, 1.82) is 0 Å². The molecule has 0 atom stereocenters. The van der Waals surface area contributed by atoms with Crippen molar-refractivity contribution in [1.82, 2.24) is 4.98 Å². The van der Waals surface area contributed by atoms with Crippen LogP contribution in [0, 0.1) is 5.82 Å². The molecule has 2 heterocycles. The largest absolute Gasteiger partial charge is 0.383 e. The summed E-state index contributed by atoms with van der Waals surface area (Å²) in [5, 5.41) is 0. The molecule has 1 aromatic carbocycles. The first-order chi connectivity index (χ1) is 9.16. The molecule has 4 nitrogen and oxygen atoms in total. The van der Waals surface area contributed by atoms with Crippen molar-refractivity contribution in [3.05, 3.63) is 53.5 Å². The number of fused-ring (bicyclic) bond motifs is 1. The minimum atomic E-state index is -0.349. The van der Waals surface area contributed by atoms with Crippen molar-refractivity contribution in [3.63, 3.8) is 0 Å². The van der Waals surface area contributed by atoms with Crippen molar-refractivity contribution in [2.24, 2.45) is 0 Å². The van der Waals surface area contributed by atoms with E-state index in [1.165, 1.54) is 18.3 Å². The normalized spacial score (nSPS) is 13.4. The lowest BCUT2D eigenvalue weighted by Crippen LogP contribution is -2.29. The molecule has 2 aromatic rings. The number of aromatic nitrogens is 1. The number of carbonyl (C=O) groups excluding carboxylic acids is 1. The van der Waals surface area contributed by atoms with Gasteiger partial charge < -0.3 is 10.6 Å². The van der Waals surface area contributed by atoms with Gasteiger partial charge in [-0.1, -0.05) is 6.07 Å². The standard InChI is InChI=1S/C14H12FN3O/c15-10-4-3-9-5-7-18(12(9)8-10)14(19)11-2-1-6-17-13(11)16/h1-4,6,8H,5,7H2,(H2,16,17). The van der Waals surface area contributed by atoms with Gasteiger partial charge in [0.25, 0.3) is 5.91 Å². The van der Waals surface area contributed by atoms with E-state index in [0.717, 1.165) is 12.0 Å². The smallest absolute Gasteiger partial charge is 0.262 e. The van der Waals surface area contributed by atoms with Gasteiger partial charge in [-0.3, -0.25) is 4.79 Å². The van der Waals surface area contributed by atoms with Crippen LogP contribution in [0.25, 0.3) is 0 Å². The number of nitrogen functional groups attached to an aromatic ring is 1. The zero-order valence-electron chi connectivity index (χ0n) is 10.1. The zero-order valence-corrected chi connectivity index (χ0v) is 10.1. The van der Waals surface area contributed by atoms with E-state index in [1.54, 1.807) is 23.1 Å². The third-order valence-electron chi connectivity index (χ3n) is 3.26. The van der Waals surface area contributed by atoms with E-state index >= 15 is 0 Å². The van der Waals surface area contributed by atoms with Gasteiger partial charge in [0, 0.05) is 12.7 Å². The predicted molar refractivity (Wildman–Crippen MR) is 70.4 cm³/mol. The molecule has 1 amide bonds. The van der Waals surface area contributed by atoms with Crippen LogP contribution in [0.1, 0.15) is 15.9 Å². The molecule has 0 saturated carbocycles. The lowest BCUT2D eigenvalue weighted by Gasteiger charge is -2.18. The minimum absolute atomic E-state index is 0.192. The second-order valence-corrected chi connectivity index (χ2v) is 4.42. The Bertz CT molecular complexity index is 657. The number of rotatable bonds is 1.